The van der Waals surface area contributed by atoms with Crippen molar-refractivity contribution in [1.82, 2.24) is 5.32 Å². The second-order valence-corrected chi connectivity index (χ2v) is 3.54. The molecular formula is C10H22N2O2. The lowest BCUT2D eigenvalue weighted by molar-refractivity contribution is -0.141. The van der Waals surface area contributed by atoms with Gasteiger partial charge in [-0.3, -0.25) is 4.79 Å². The summed E-state index contributed by atoms with van der Waals surface area (Å²) in [4.78, 5) is 11.6. The average Bonchev–Trinajstić information content (AvgIpc) is 2.22. The molecule has 1 atom stereocenters. The highest BCUT2D eigenvalue weighted by Gasteiger charge is 2.30. The van der Waals surface area contributed by atoms with Gasteiger partial charge in [-0.1, -0.05) is 6.92 Å². The number of hydrogen-bond acceptors (Lipinski definition) is 3. The smallest absolute Gasteiger partial charge is 0.251 e. The van der Waals surface area contributed by atoms with Gasteiger partial charge in [0.2, 0.25) is 0 Å². The van der Waals surface area contributed by atoms with Gasteiger partial charge in [0.1, 0.15) is 5.60 Å². The largest absolute Gasteiger partial charge is 0.369 e. The number of amides is 1. The van der Waals surface area contributed by atoms with E-state index < -0.39 is 5.60 Å². The molecule has 0 saturated heterocycles. The van der Waals surface area contributed by atoms with E-state index in [0.29, 0.717) is 19.5 Å². The topological polar surface area (TPSA) is 64.3 Å². The fraction of sp³-hybridized carbons (Fsp3) is 0.900. The summed E-state index contributed by atoms with van der Waals surface area (Å²) in [6.07, 6.45) is 2.54. The molecule has 4 nitrogen and oxygen atoms in total. The lowest BCUT2D eigenvalue weighted by atomic mass is 10.0. The Morgan fingerprint density at radius 1 is 1.50 bits per heavy atom. The van der Waals surface area contributed by atoms with E-state index in [1.807, 2.05) is 6.92 Å². The molecule has 0 fully saturated rings. The monoisotopic (exact) mass is 202 g/mol. The number of unbranched alkanes of at least 4 members (excludes halogenated alkanes) is 1. The van der Waals surface area contributed by atoms with E-state index >= 15 is 0 Å². The van der Waals surface area contributed by atoms with Crippen molar-refractivity contribution in [3.05, 3.63) is 0 Å². The Balaban J connectivity index is 3.82. The molecule has 0 bridgehead atoms. The molecule has 0 saturated carbocycles. The molecule has 4 heteroatoms. The van der Waals surface area contributed by atoms with Crippen LogP contribution in [-0.2, 0) is 9.53 Å². The van der Waals surface area contributed by atoms with Gasteiger partial charge < -0.3 is 15.8 Å². The maximum Gasteiger partial charge on any atom is 0.251 e. The maximum atomic E-state index is 11.6. The Labute approximate surface area is 86.2 Å². The van der Waals surface area contributed by atoms with Gasteiger partial charge in [-0.15, -0.1) is 0 Å². The lowest BCUT2D eigenvalue weighted by Gasteiger charge is -2.25. The normalized spacial score (nSPS) is 14.9. The first-order chi connectivity index (χ1) is 6.60. The van der Waals surface area contributed by atoms with Gasteiger partial charge in [0.25, 0.3) is 5.91 Å². The number of hydrogen-bond donors (Lipinski definition) is 2. The zero-order valence-corrected chi connectivity index (χ0v) is 9.43. The number of nitrogens with one attached hydrogen (secondary N) is 1. The third kappa shape index (κ3) is 4.07. The number of rotatable bonds is 7. The van der Waals surface area contributed by atoms with E-state index in [-0.39, 0.29) is 5.91 Å². The van der Waals surface area contributed by atoms with Crippen molar-refractivity contribution in [2.45, 2.75) is 38.7 Å². The highest BCUT2D eigenvalue weighted by atomic mass is 16.5. The molecule has 0 aromatic heterocycles. The second kappa shape index (κ2) is 6.79. The summed E-state index contributed by atoms with van der Waals surface area (Å²) in [7, 11) is 1.56. The number of nitrogens with two attached hydrogens (primary N) is 1. The van der Waals surface area contributed by atoms with Crippen molar-refractivity contribution >= 4 is 5.91 Å². The maximum absolute atomic E-state index is 11.6. The summed E-state index contributed by atoms with van der Waals surface area (Å²) in [6.45, 7) is 5.08. The summed E-state index contributed by atoms with van der Waals surface area (Å²) in [6, 6.07) is 0. The number of ether oxygens (including phenoxy) is 1. The van der Waals surface area contributed by atoms with Crippen LogP contribution in [0.2, 0.25) is 0 Å². The summed E-state index contributed by atoms with van der Waals surface area (Å²) >= 11 is 0. The molecule has 0 aliphatic heterocycles. The van der Waals surface area contributed by atoms with Crippen molar-refractivity contribution in [2.75, 3.05) is 20.2 Å². The summed E-state index contributed by atoms with van der Waals surface area (Å²) < 4.78 is 5.17. The van der Waals surface area contributed by atoms with E-state index in [0.717, 1.165) is 12.8 Å². The van der Waals surface area contributed by atoms with Crippen LogP contribution in [0.1, 0.15) is 33.1 Å². The van der Waals surface area contributed by atoms with Crippen LogP contribution < -0.4 is 11.1 Å². The molecule has 0 aromatic rings. The van der Waals surface area contributed by atoms with Crippen LogP contribution in [0, 0.1) is 0 Å². The fourth-order valence-electron chi connectivity index (χ4n) is 1.06. The predicted octanol–water partition coefficient (Wildman–Crippen LogP) is 0.657. The first kappa shape index (κ1) is 13.4. The molecule has 0 heterocycles. The van der Waals surface area contributed by atoms with Crippen molar-refractivity contribution < 1.29 is 9.53 Å². The van der Waals surface area contributed by atoms with Crippen LogP contribution >= 0.6 is 0 Å². The zero-order chi connectivity index (χ0) is 11.0. The highest BCUT2D eigenvalue weighted by molar-refractivity contribution is 5.84. The van der Waals surface area contributed by atoms with Crippen LogP contribution in [0.3, 0.4) is 0 Å². The van der Waals surface area contributed by atoms with Crippen LogP contribution in [0.5, 0.6) is 0 Å². The molecule has 0 aromatic carbocycles. The molecule has 14 heavy (non-hydrogen) atoms. The molecule has 0 aliphatic carbocycles. The Hall–Kier alpha value is -0.610. The van der Waals surface area contributed by atoms with E-state index in [9.17, 15) is 4.79 Å². The van der Waals surface area contributed by atoms with E-state index in [1.165, 1.54) is 0 Å². The van der Waals surface area contributed by atoms with Gasteiger partial charge in [0.05, 0.1) is 0 Å². The van der Waals surface area contributed by atoms with Crippen molar-refractivity contribution in [2.24, 2.45) is 5.73 Å². The second-order valence-electron chi connectivity index (χ2n) is 3.54. The highest BCUT2D eigenvalue weighted by Crippen LogP contribution is 2.13. The minimum Gasteiger partial charge on any atom is -0.369 e. The number of methoxy groups -OCH3 is 1. The summed E-state index contributed by atoms with van der Waals surface area (Å²) in [5.74, 6) is -0.0421. The molecule has 84 valence electrons. The van der Waals surface area contributed by atoms with Gasteiger partial charge >= 0.3 is 0 Å². The van der Waals surface area contributed by atoms with Crippen LogP contribution in [-0.4, -0.2) is 31.7 Å². The first-order valence-corrected chi connectivity index (χ1v) is 5.14. The van der Waals surface area contributed by atoms with Crippen molar-refractivity contribution in [3.63, 3.8) is 0 Å². The minimum absolute atomic E-state index is 0.0421. The summed E-state index contributed by atoms with van der Waals surface area (Å²) in [5.41, 5.74) is 4.65. The molecule has 3 N–H and O–H groups in total. The molecule has 0 rings (SSSR count). The van der Waals surface area contributed by atoms with E-state index in [4.69, 9.17) is 10.5 Å². The third-order valence-corrected chi connectivity index (χ3v) is 2.52. The van der Waals surface area contributed by atoms with Crippen molar-refractivity contribution in [3.8, 4) is 0 Å². The van der Waals surface area contributed by atoms with Gasteiger partial charge in [0, 0.05) is 13.7 Å². The Kier molecular flexibility index (Phi) is 6.49. The first-order valence-electron chi connectivity index (χ1n) is 5.14. The molecule has 0 spiro atoms. The predicted molar refractivity (Wildman–Crippen MR) is 57.0 cm³/mol. The Bertz CT molecular complexity index is 168. The molecule has 0 radical (unpaired) electrons. The third-order valence-electron chi connectivity index (χ3n) is 2.52. The zero-order valence-electron chi connectivity index (χ0n) is 9.43. The van der Waals surface area contributed by atoms with Crippen LogP contribution in [0.4, 0.5) is 0 Å². The van der Waals surface area contributed by atoms with Crippen LogP contribution in [0.25, 0.3) is 0 Å². The molecule has 0 aliphatic rings. The molecule has 1 amide bonds. The summed E-state index contributed by atoms with van der Waals surface area (Å²) in [5, 5.41) is 2.84. The quantitative estimate of drug-likeness (QED) is 0.596. The number of carbonyl (C=O) groups excluding carboxylic acids is 1. The van der Waals surface area contributed by atoms with Crippen molar-refractivity contribution in [1.29, 1.82) is 0 Å². The van der Waals surface area contributed by atoms with Gasteiger partial charge in [-0.2, -0.15) is 0 Å². The van der Waals surface area contributed by atoms with E-state index in [1.54, 1.807) is 14.0 Å². The van der Waals surface area contributed by atoms with Gasteiger partial charge in [-0.05, 0) is 32.7 Å². The minimum atomic E-state index is -0.692. The fourth-order valence-corrected chi connectivity index (χ4v) is 1.06. The standard InChI is InChI=1S/C10H22N2O2/c1-4-10(2,14-3)9(13)12-8-6-5-7-11/h4-8,11H2,1-3H3,(H,12,13). The Morgan fingerprint density at radius 3 is 2.57 bits per heavy atom. The Morgan fingerprint density at radius 2 is 2.14 bits per heavy atom. The van der Waals surface area contributed by atoms with Gasteiger partial charge in [-0.25, -0.2) is 0 Å². The number of carbonyl (C=O) groups is 1. The SMILES string of the molecule is CCC(C)(OC)C(=O)NCCCCN. The van der Waals surface area contributed by atoms with Gasteiger partial charge in [0.15, 0.2) is 0 Å². The molecular weight excluding hydrogens is 180 g/mol. The lowest BCUT2D eigenvalue weighted by Crippen LogP contribution is -2.45. The average molecular weight is 202 g/mol. The van der Waals surface area contributed by atoms with Crippen LogP contribution in [0.15, 0.2) is 0 Å². The van der Waals surface area contributed by atoms with E-state index in [2.05, 4.69) is 5.32 Å². The molecule has 1 unspecified atom stereocenters.